The Morgan fingerprint density at radius 3 is 2.41 bits per heavy atom. The van der Waals surface area contributed by atoms with Crippen LogP contribution >= 0.6 is 0 Å². The zero-order valence-corrected chi connectivity index (χ0v) is 11.8. The predicted molar refractivity (Wildman–Crippen MR) is 74.4 cm³/mol. The Hall–Kier alpha value is -0.0800. The fraction of sp³-hybridized carbons (Fsp3) is 1.00. The second kappa shape index (κ2) is 6.19. The molecule has 1 saturated heterocycles. The standard InChI is InChI=1S/C15H30N2/c1-3-15(4-2)13-17(12-8-11-16-15)14-9-6-5-7-10-14/h14,16H,3-13H2,1-2H3. The van der Waals surface area contributed by atoms with E-state index in [4.69, 9.17) is 0 Å². The first-order valence-corrected chi connectivity index (χ1v) is 7.79. The fourth-order valence-electron chi connectivity index (χ4n) is 3.64. The number of nitrogens with one attached hydrogen (secondary N) is 1. The Kier molecular flexibility index (Phi) is 4.87. The Morgan fingerprint density at radius 1 is 1.06 bits per heavy atom. The van der Waals surface area contributed by atoms with Crippen LogP contribution in [0.4, 0.5) is 0 Å². The third kappa shape index (κ3) is 3.23. The molecule has 100 valence electrons. The van der Waals surface area contributed by atoms with Gasteiger partial charge >= 0.3 is 0 Å². The number of nitrogens with zero attached hydrogens (tertiary/aromatic N) is 1. The van der Waals surface area contributed by atoms with Gasteiger partial charge in [0.1, 0.15) is 0 Å². The molecule has 0 aromatic carbocycles. The van der Waals surface area contributed by atoms with Gasteiger partial charge in [-0.05, 0) is 45.2 Å². The van der Waals surface area contributed by atoms with E-state index in [1.165, 1.54) is 71.0 Å². The SMILES string of the molecule is CCC1(CC)CN(C2CCCCC2)CCCN1. The van der Waals surface area contributed by atoms with Gasteiger partial charge in [-0.3, -0.25) is 4.90 Å². The Balaban J connectivity index is 2.00. The molecule has 0 aromatic rings. The topological polar surface area (TPSA) is 15.3 Å². The van der Waals surface area contributed by atoms with Crippen LogP contribution in [-0.2, 0) is 0 Å². The van der Waals surface area contributed by atoms with Crippen molar-refractivity contribution in [2.45, 2.75) is 76.8 Å². The molecule has 1 N–H and O–H groups in total. The van der Waals surface area contributed by atoms with E-state index in [9.17, 15) is 0 Å². The van der Waals surface area contributed by atoms with Gasteiger partial charge in [0.15, 0.2) is 0 Å². The van der Waals surface area contributed by atoms with Crippen molar-refractivity contribution in [2.75, 3.05) is 19.6 Å². The molecule has 1 aliphatic carbocycles. The summed E-state index contributed by atoms with van der Waals surface area (Å²) in [7, 11) is 0. The van der Waals surface area contributed by atoms with Crippen LogP contribution in [0.25, 0.3) is 0 Å². The van der Waals surface area contributed by atoms with Crippen molar-refractivity contribution in [3.05, 3.63) is 0 Å². The van der Waals surface area contributed by atoms with Gasteiger partial charge in [0.2, 0.25) is 0 Å². The lowest BCUT2D eigenvalue weighted by Crippen LogP contribution is -2.52. The molecular formula is C15H30N2. The van der Waals surface area contributed by atoms with Crippen molar-refractivity contribution < 1.29 is 0 Å². The molecule has 0 aromatic heterocycles. The summed E-state index contributed by atoms with van der Waals surface area (Å²) in [6.45, 7) is 8.51. The zero-order valence-electron chi connectivity index (χ0n) is 11.8. The second-order valence-electron chi connectivity index (χ2n) is 6.03. The molecule has 1 heterocycles. The summed E-state index contributed by atoms with van der Waals surface area (Å²) in [6, 6.07) is 0.890. The van der Waals surface area contributed by atoms with Gasteiger partial charge in [-0.25, -0.2) is 0 Å². The molecule has 2 heteroatoms. The summed E-state index contributed by atoms with van der Waals surface area (Å²) in [4.78, 5) is 2.81. The fourth-order valence-corrected chi connectivity index (χ4v) is 3.64. The molecule has 2 fully saturated rings. The van der Waals surface area contributed by atoms with Crippen molar-refractivity contribution in [1.82, 2.24) is 10.2 Å². The highest BCUT2D eigenvalue weighted by Gasteiger charge is 2.33. The summed E-state index contributed by atoms with van der Waals surface area (Å²) in [5.74, 6) is 0. The lowest BCUT2D eigenvalue weighted by atomic mass is 9.89. The summed E-state index contributed by atoms with van der Waals surface area (Å²) >= 11 is 0. The van der Waals surface area contributed by atoms with E-state index in [0.29, 0.717) is 5.54 Å². The van der Waals surface area contributed by atoms with E-state index in [1.807, 2.05) is 0 Å². The quantitative estimate of drug-likeness (QED) is 0.812. The maximum Gasteiger partial charge on any atom is 0.0303 e. The monoisotopic (exact) mass is 238 g/mol. The number of hydrogen-bond acceptors (Lipinski definition) is 2. The predicted octanol–water partition coefficient (Wildman–Crippen LogP) is 3.17. The highest BCUT2D eigenvalue weighted by atomic mass is 15.2. The summed E-state index contributed by atoms with van der Waals surface area (Å²) in [5.41, 5.74) is 0.397. The third-order valence-corrected chi connectivity index (χ3v) is 5.07. The largest absolute Gasteiger partial charge is 0.310 e. The van der Waals surface area contributed by atoms with Crippen molar-refractivity contribution in [3.8, 4) is 0 Å². The van der Waals surface area contributed by atoms with Gasteiger partial charge < -0.3 is 5.32 Å². The van der Waals surface area contributed by atoms with E-state index in [1.54, 1.807) is 0 Å². The minimum absolute atomic E-state index is 0.397. The van der Waals surface area contributed by atoms with Crippen LogP contribution in [0, 0.1) is 0 Å². The van der Waals surface area contributed by atoms with Gasteiger partial charge in [-0.1, -0.05) is 33.1 Å². The van der Waals surface area contributed by atoms with Gasteiger partial charge in [-0.2, -0.15) is 0 Å². The minimum Gasteiger partial charge on any atom is -0.310 e. The Labute approximate surface area is 107 Å². The van der Waals surface area contributed by atoms with Crippen LogP contribution in [0.3, 0.4) is 0 Å². The second-order valence-corrected chi connectivity index (χ2v) is 6.03. The molecule has 0 unspecified atom stereocenters. The van der Waals surface area contributed by atoms with Crippen LogP contribution in [-0.4, -0.2) is 36.1 Å². The maximum absolute atomic E-state index is 3.82. The van der Waals surface area contributed by atoms with E-state index in [-0.39, 0.29) is 0 Å². The first kappa shape index (κ1) is 13.4. The molecule has 0 amide bonds. The molecule has 2 rings (SSSR count). The molecule has 1 aliphatic heterocycles. The summed E-state index contributed by atoms with van der Waals surface area (Å²) < 4.78 is 0. The van der Waals surface area contributed by atoms with Crippen molar-refractivity contribution in [1.29, 1.82) is 0 Å². The van der Waals surface area contributed by atoms with Gasteiger partial charge in [0, 0.05) is 18.1 Å². The molecule has 1 saturated carbocycles. The molecule has 2 aliphatic rings. The highest BCUT2D eigenvalue weighted by Crippen LogP contribution is 2.27. The minimum atomic E-state index is 0.397. The average Bonchev–Trinajstić information content (AvgIpc) is 2.63. The smallest absolute Gasteiger partial charge is 0.0303 e. The van der Waals surface area contributed by atoms with E-state index >= 15 is 0 Å². The molecule has 0 spiro atoms. The Bertz CT molecular complexity index is 217. The van der Waals surface area contributed by atoms with Gasteiger partial charge in [-0.15, -0.1) is 0 Å². The first-order chi connectivity index (χ1) is 8.29. The molecular weight excluding hydrogens is 208 g/mol. The normalized spacial score (nSPS) is 27.9. The summed E-state index contributed by atoms with van der Waals surface area (Å²) in [6.07, 6.45) is 11.2. The van der Waals surface area contributed by atoms with Crippen LogP contribution in [0.5, 0.6) is 0 Å². The Morgan fingerprint density at radius 2 is 1.76 bits per heavy atom. The van der Waals surface area contributed by atoms with Gasteiger partial charge in [0.25, 0.3) is 0 Å². The zero-order chi connectivity index (χ0) is 12.1. The number of rotatable bonds is 3. The molecule has 0 bridgehead atoms. The molecule has 0 atom stereocenters. The van der Waals surface area contributed by atoms with E-state index in [2.05, 4.69) is 24.1 Å². The first-order valence-electron chi connectivity index (χ1n) is 7.79. The molecule has 0 radical (unpaired) electrons. The third-order valence-electron chi connectivity index (χ3n) is 5.07. The average molecular weight is 238 g/mol. The molecule has 17 heavy (non-hydrogen) atoms. The van der Waals surface area contributed by atoms with Crippen molar-refractivity contribution in [3.63, 3.8) is 0 Å². The van der Waals surface area contributed by atoms with E-state index < -0.39 is 0 Å². The van der Waals surface area contributed by atoms with Crippen LogP contribution in [0.1, 0.15) is 65.2 Å². The van der Waals surface area contributed by atoms with Crippen LogP contribution in [0.2, 0.25) is 0 Å². The van der Waals surface area contributed by atoms with Crippen LogP contribution in [0.15, 0.2) is 0 Å². The summed E-state index contributed by atoms with van der Waals surface area (Å²) in [5, 5.41) is 3.82. The highest BCUT2D eigenvalue weighted by molar-refractivity contribution is 4.93. The van der Waals surface area contributed by atoms with Crippen molar-refractivity contribution in [2.24, 2.45) is 0 Å². The van der Waals surface area contributed by atoms with Gasteiger partial charge in [0.05, 0.1) is 0 Å². The number of hydrogen-bond donors (Lipinski definition) is 1. The van der Waals surface area contributed by atoms with Crippen molar-refractivity contribution >= 4 is 0 Å². The molecule has 2 nitrogen and oxygen atoms in total. The lowest BCUT2D eigenvalue weighted by molar-refractivity contribution is 0.121. The maximum atomic E-state index is 3.82. The van der Waals surface area contributed by atoms with E-state index in [0.717, 1.165) is 6.04 Å². The van der Waals surface area contributed by atoms with Crippen LogP contribution < -0.4 is 5.32 Å². The lowest BCUT2D eigenvalue weighted by Gasteiger charge is -2.40.